The number of benzene rings is 1. The van der Waals surface area contributed by atoms with Crippen molar-refractivity contribution in [2.75, 3.05) is 22.7 Å². The molecule has 82 valence electrons. The normalized spacial score (nSPS) is 18.1. The minimum atomic E-state index is -3.42. The van der Waals surface area contributed by atoms with E-state index >= 15 is 0 Å². The van der Waals surface area contributed by atoms with Crippen LogP contribution in [0, 0.1) is 0 Å². The van der Waals surface area contributed by atoms with E-state index in [-0.39, 0.29) is 0 Å². The van der Waals surface area contributed by atoms with Crippen molar-refractivity contribution in [3.8, 4) is 0 Å². The maximum Gasteiger partial charge on any atom is 0.326 e. The highest BCUT2D eigenvalue weighted by molar-refractivity contribution is 7.94. The minimum absolute atomic E-state index is 0.570. The zero-order chi connectivity index (χ0) is 11.2. The zero-order valence-corrected chi connectivity index (χ0v) is 9.19. The molecule has 3 N–H and O–H groups in total. The van der Waals surface area contributed by atoms with Gasteiger partial charge in [-0.05, 0) is 6.07 Å². The lowest BCUT2D eigenvalue weighted by molar-refractivity contribution is -0.825. The molecule has 0 aromatic heterocycles. The number of nitrogens with zero attached hydrogens (tertiary/aromatic N) is 2. The third-order valence-electron chi connectivity index (χ3n) is 2.52. The van der Waals surface area contributed by atoms with Crippen molar-refractivity contribution in [3.63, 3.8) is 0 Å². The molecule has 1 heterocycles. The largest absolute Gasteiger partial charge is 0.326 e. The van der Waals surface area contributed by atoms with Crippen molar-refractivity contribution in [1.29, 1.82) is 0 Å². The van der Waals surface area contributed by atoms with Gasteiger partial charge in [0.05, 0.1) is 11.4 Å². The summed E-state index contributed by atoms with van der Waals surface area (Å²) in [6, 6.07) is 4.94. The molecule has 0 saturated heterocycles. The topological polar surface area (TPSA) is 77.5 Å². The van der Waals surface area contributed by atoms with Gasteiger partial charge < -0.3 is 0 Å². The predicted octanol–water partition coefficient (Wildman–Crippen LogP) is -0.599. The molecule has 0 spiro atoms. The highest BCUT2D eigenvalue weighted by Crippen LogP contribution is 2.39. The van der Waals surface area contributed by atoms with Gasteiger partial charge in [0.1, 0.15) is 0 Å². The molecule has 1 aromatic rings. The molecule has 0 fully saturated rings. The van der Waals surface area contributed by atoms with Gasteiger partial charge in [-0.2, -0.15) is 13.9 Å². The second kappa shape index (κ2) is 3.09. The summed E-state index contributed by atoms with van der Waals surface area (Å²) in [5, 5.41) is 8.84. The fraction of sp³-hybridized carbons (Fsp3) is 0.250. The van der Waals surface area contributed by atoms with E-state index in [9.17, 15) is 8.42 Å². The van der Waals surface area contributed by atoms with Gasteiger partial charge in [-0.25, -0.2) is 5.21 Å². The molecule has 0 aliphatic carbocycles. The molecule has 2 rings (SSSR count). The van der Waals surface area contributed by atoms with Crippen LogP contribution >= 0.6 is 0 Å². The van der Waals surface area contributed by atoms with Crippen molar-refractivity contribution < 1.29 is 19.1 Å². The highest BCUT2D eigenvalue weighted by Gasteiger charge is 2.35. The monoisotopic (exact) mass is 230 g/mol. The summed E-state index contributed by atoms with van der Waals surface area (Å²) < 4.78 is 25.9. The van der Waals surface area contributed by atoms with Crippen LogP contribution in [0.5, 0.6) is 0 Å². The van der Waals surface area contributed by atoms with Crippen molar-refractivity contribution in [1.82, 2.24) is 0 Å². The molecular weight excluding hydrogens is 218 g/mol. The zero-order valence-electron chi connectivity index (χ0n) is 8.38. The summed E-state index contributed by atoms with van der Waals surface area (Å²) >= 11 is 0. The van der Waals surface area contributed by atoms with E-state index in [2.05, 4.69) is 0 Å². The lowest BCUT2D eigenvalue weighted by Gasteiger charge is -2.13. The summed E-state index contributed by atoms with van der Waals surface area (Å²) in [6.45, 7) is 0. The lowest BCUT2D eigenvalue weighted by atomic mass is 10.2. The number of rotatable bonds is 1. The maximum atomic E-state index is 11.7. The van der Waals surface area contributed by atoms with E-state index in [4.69, 9.17) is 5.21 Å². The standard InChI is InChI=1S/C8H11N3O3S/c1-10-7-4-3-6(9-12)5-8(7)11(2)15(10,13)14/h3-5,9,12H,1-2H3/p+1. The van der Waals surface area contributed by atoms with Gasteiger partial charge in [0.2, 0.25) is 0 Å². The van der Waals surface area contributed by atoms with Crippen molar-refractivity contribution >= 4 is 27.3 Å². The Balaban J connectivity index is 2.63. The van der Waals surface area contributed by atoms with Gasteiger partial charge in [0.15, 0.2) is 5.69 Å². The third kappa shape index (κ3) is 1.28. The Bertz CT molecular complexity index is 500. The van der Waals surface area contributed by atoms with Crippen molar-refractivity contribution in [3.05, 3.63) is 18.2 Å². The first-order valence-corrected chi connectivity index (χ1v) is 5.72. The Kier molecular flexibility index (Phi) is 2.10. The fourth-order valence-corrected chi connectivity index (χ4v) is 2.74. The molecule has 1 aromatic carbocycles. The molecule has 0 unspecified atom stereocenters. The van der Waals surface area contributed by atoms with Crippen LogP contribution in [0.1, 0.15) is 0 Å². The molecule has 0 atom stereocenters. The van der Waals surface area contributed by atoms with Gasteiger partial charge in [0, 0.05) is 26.2 Å². The smallest absolute Gasteiger partial charge is 0.254 e. The van der Waals surface area contributed by atoms with E-state index in [0.717, 1.165) is 5.48 Å². The molecule has 6 nitrogen and oxygen atoms in total. The number of hydrogen-bond donors (Lipinski definition) is 2. The second-order valence-corrected chi connectivity index (χ2v) is 5.31. The predicted molar refractivity (Wildman–Crippen MR) is 55.5 cm³/mol. The first-order valence-electron chi connectivity index (χ1n) is 4.33. The van der Waals surface area contributed by atoms with Gasteiger partial charge >= 0.3 is 10.2 Å². The average Bonchev–Trinajstić information content (AvgIpc) is 2.40. The number of nitrogens with two attached hydrogens (primary N) is 1. The highest BCUT2D eigenvalue weighted by atomic mass is 32.2. The van der Waals surface area contributed by atoms with Gasteiger partial charge in [0.25, 0.3) is 0 Å². The molecule has 7 heteroatoms. The summed E-state index contributed by atoms with van der Waals surface area (Å²) in [5.41, 5.74) is 2.70. The van der Waals surface area contributed by atoms with Crippen LogP contribution in [0.15, 0.2) is 18.2 Å². The van der Waals surface area contributed by atoms with Gasteiger partial charge in [-0.1, -0.05) is 0 Å². The molecule has 15 heavy (non-hydrogen) atoms. The Labute approximate surface area is 87.9 Å². The van der Waals surface area contributed by atoms with Crippen molar-refractivity contribution in [2.45, 2.75) is 0 Å². The summed E-state index contributed by atoms with van der Waals surface area (Å²) in [7, 11) is -0.432. The number of fused-ring (bicyclic) bond motifs is 1. The molecule has 0 saturated carbocycles. The van der Waals surface area contributed by atoms with E-state index in [1.54, 1.807) is 18.2 Å². The average molecular weight is 230 g/mol. The van der Waals surface area contributed by atoms with E-state index in [1.165, 1.54) is 22.7 Å². The van der Waals surface area contributed by atoms with E-state index in [0.29, 0.717) is 17.1 Å². The Morgan fingerprint density at radius 3 is 2.40 bits per heavy atom. The summed E-state index contributed by atoms with van der Waals surface area (Å²) in [5.74, 6) is 0. The van der Waals surface area contributed by atoms with Crippen LogP contribution in [0.3, 0.4) is 0 Å². The van der Waals surface area contributed by atoms with Crippen LogP contribution in [0.4, 0.5) is 17.1 Å². The second-order valence-electron chi connectivity index (χ2n) is 3.32. The quantitative estimate of drug-likeness (QED) is 0.499. The Hall–Kier alpha value is -1.31. The SMILES string of the molecule is CN1c2ccc([NH2+]O)cc2N(C)S1(=O)=O. The lowest BCUT2D eigenvalue weighted by Crippen LogP contribution is -2.73. The van der Waals surface area contributed by atoms with Crippen LogP contribution < -0.4 is 14.1 Å². The molecule has 1 aliphatic heterocycles. The van der Waals surface area contributed by atoms with Crippen LogP contribution in [-0.4, -0.2) is 27.7 Å². The first-order chi connectivity index (χ1) is 6.98. The number of anilines is 2. The van der Waals surface area contributed by atoms with Crippen LogP contribution in [-0.2, 0) is 10.2 Å². The van der Waals surface area contributed by atoms with Crippen molar-refractivity contribution in [2.24, 2.45) is 0 Å². The summed E-state index contributed by atoms with van der Waals surface area (Å²) in [4.78, 5) is 0. The number of quaternary nitrogens is 1. The maximum absolute atomic E-state index is 11.7. The van der Waals surface area contributed by atoms with E-state index < -0.39 is 10.2 Å². The van der Waals surface area contributed by atoms with E-state index in [1.807, 2.05) is 0 Å². The van der Waals surface area contributed by atoms with Gasteiger partial charge in [-0.15, -0.1) is 0 Å². The molecule has 0 bridgehead atoms. The van der Waals surface area contributed by atoms with Crippen LogP contribution in [0.2, 0.25) is 0 Å². The minimum Gasteiger partial charge on any atom is -0.254 e. The molecule has 0 amide bonds. The molecular formula is C8H12N3O3S+. The molecule has 1 aliphatic rings. The summed E-state index contributed by atoms with van der Waals surface area (Å²) in [6.07, 6.45) is 0. The molecule has 0 radical (unpaired) electrons. The first kappa shape index (κ1) is 10.2. The third-order valence-corrected chi connectivity index (χ3v) is 4.30. The van der Waals surface area contributed by atoms with Gasteiger partial charge in [-0.3, -0.25) is 8.61 Å². The Morgan fingerprint density at radius 1 is 1.20 bits per heavy atom. The number of hydrogen-bond acceptors (Lipinski definition) is 3. The fourth-order valence-electron chi connectivity index (χ4n) is 1.57. The Morgan fingerprint density at radius 2 is 1.80 bits per heavy atom. The van der Waals surface area contributed by atoms with Crippen LogP contribution in [0.25, 0.3) is 0 Å².